The predicted octanol–water partition coefficient (Wildman–Crippen LogP) is 3.16. The van der Waals surface area contributed by atoms with Gasteiger partial charge in [-0.15, -0.1) is 0 Å². The number of hydrogen-bond acceptors (Lipinski definition) is 4. The zero-order valence-corrected chi connectivity index (χ0v) is 19.1. The molecule has 6 heteroatoms. The fourth-order valence-corrected chi connectivity index (χ4v) is 5.72. The van der Waals surface area contributed by atoms with Crippen molar-refractivity contribution in [3.63, 3.8) is 0 Å². The molecular weight excluding hydrogens is 400 g/mol. The van der Waals surface area contributed by atoms with Gasteiger partial charge in [0.1, 0.15) is 0 Å². The average Bonchev–Trinajstić information content (AvgIpc) is 3.59. The van der Waals surface area contributed by atoms with Crippen LogP contribution in [-0.2, 0) is 28.9 Å². The summed E-state index contributed by atoms with van der Waals surface area (Å²) in [7, 11) is 0. The Morgan fingerprint density at radius 1 is 1.06 bits per heavy atom. The first-order chi connectivity index (χ1) is 15.7. The molecular formula is C26H36N4O2. The fourth-order valence-electron chi connectivity index (χ4n) is 5.72. The second-order valence-electron chi connectivity index (χ2n) is 9.76. The monoisotopic (exact) mass is 436 g/mol. The highest BCUT2D eigenvalue weighted by Crippen LogP contribution is 2.29. The molecule has 2 aliphatic heterocycles. The van der Waals surface area contributed by atoms with Crippen LogP contribution in [0.25, 0.3) is 0 Å². The van der Waals surface area contributed by atoms with E-state index < -0.39 is 0 Å². The van der Waals surface area contributed by atoms with Gasteiger partial charge in [0.15, 0.2) is 0 Å². The van der Waals surface area contributed by atoms with Crippen LogP contribution >= 0.6 is 0 Å². The van der Waals surface area contributed by atoms with Gasteiger partial charge in [0.25, 0.3) is 0 Å². The average molecular weight is 437 g/mol. The Labute approximate surface area is 191 Å². The lowest BCUT2D eigenvalue weighted by molar-refractivity contribution is -0.134. The Bertz CT molecular complexity index is 845. The normalized spacial score (nSPS) is 22.3. The molecule has 0 bridgehead atoms. The van der Waals surface area contributed by atoms with E-state index in [4.69, 9.17) is 4.74 Å². The molecule has 1 aromatic heterocycles. The molecule has 5 rings (SSSR count). The lowest BCUT2D eigenvalue weighted by atomic mass is 9.94. The first kappa shape index (κ1) is 21.7. The van der Waals surface area contributed by atoms with Gasteiger partial charge in [-0.25, -0.2) is 0 Å². The minimum Gasteiger partial charge on any atom is -0.376 e. The van der Waals surface area contributed by atoms with Crippen LogP contribution in [0.4, 0.5) is 0 Å². The van der Waals surface area contributed by atoms with Crippen molar-refractivity contribution >= 4 is 5.91 Å². The van der Waals surface area contributed by atoms with Crippen molar-refractivity contribution in [2.24, 2.45) is 5.92 Å². The molecule has 0 N–H and O–H groups in total. The summed E-state index contributed by atoms with van der Waals surface area (Å²) in [6.07, 6.45) is 11.3. The predicted molar refractivity (Wildman–Crippen MR) is 124 cm³/mol. The number of fused-ring (bicyclic) bond motifs is 1. The molecule has 3 heterocycles. The van der Waals surface area contributed by atoms with E-state index in [0.29, 0.717) is 24.9 Å². The molecule has 32 heavy (non-hydrogen) atoms. The zero-order valence-electron chi connectivity index (χ0n) is 19.1. The van der Waals surface area contributed by atoms with Gasteiger partial charge in [-0.3, -0.25) is 14.4 Å². The number of aromatic nitrogens is 2. The van der Waals surface area contributed by atoms with Crippen LogP contribution in [0.2, 0.25) is 0 Å². The molecule has 0 spiro atoms. The second kappa shape index (κ2) is 10.2. The maximum absolute atomic E-state index is 13.1. The van der Waals surface area contributed by atoms with Gasteiger partial charge in [0.2, 0.25) is 5.91 Å². The summed E-state index contributed by atoms with van der Waals surface area (Å²) in [4.78, 5) is 17.9. The van der Waals surface area contributed by atoms with Crippen LogP contribution in [-0.4, -0.2) is 70.4 Å². The summed E-state index contributed by atoms with van der Waals surface area (Å²) in [5, 5.41) is 4.24. The van der Waals surface area contributed by atoms with Crippen LogP contribution in [0.3, 0.4) is 0 Å². The smallest absolute Gasteiger partial charge is 0.224 e. The molecule has 1 amide bonds. The van der Waals surface area contributed by atoms with E-state index in [1.807, 2.05) is 16.9 Å². The summed E-state index contributed by atoms with van der Waals surface area (Å²) in [6, 6.07) is 11.5. The largest absolute Gasteiger partial charge is 0.376 e. The Morgan fingerprint density at radius 2 is 1.84 bits per heavy atom. The number of ether oxygens (including phenoxy) is 1. The number of piperidine rings is 1. The molecule has 2 saturated heterocycles. The van der Waals surface area contributed by atoms with Gasteiger partial charge < -0.3 is 9.64 Å². The number of carbonyl (C=O) groups excluding carboxylic acids is 1. The van der Waals surface area contributed by atoms with Crippen molar-refractivity contribution in [2.45, 2.75) is 63.6 Å². The van der Waals surface area contributed by atoms with E-state index in [1.165, 1.54) is 36.8 Å². The number of carbonyl (C=O) groups is 1. The molecule has 0 unspecified atom stereocenters. The van der Waals surface area contributed by atoms with Gasteiger partial charge in [-0.1, -0.05) is 24.3 Å². The second-order valence-corrected chi connectivity index (χ2v) is 9.76. The number of hydrogen-bond donors (Lipinski definition) is 0. The van der Waals surface area contributed by atoms with E-state index in [-0.39, 0.29) is 12.0 Å². The first-order valence-electron chi connectivity index (χ1n) is 12.4. The maximum Gasteiger partial charge on any atom is 0.224 e. The van der Waals surface area contributed by atoms with E-state index in [2.05, 4.69) is 39.2 Å². The minimum absolute atomic E-state index is 0.209. The molecule has 0 saturated carbocycles. The quantitative estimate of drug-likeness (QED) is 0.638. The standard InChI is InChI=1S/C26H36N4O2/c31-26(10-15-30-12-4-11-27-30)29(20-25-7-3-16-32-25)19-21-8-13-28(14-9-21)24-17-22-5-1-2-6-23(22)18-24/h1-2,4-6,11-12,21,24-25H,3,7-10,13-20H2/t25-/m1/s1. The maximum atomic E-state index is 13.1. The molecule has 1 atom stereocenters. The van der Waals surface area contributed by atoms with Gasteiger partial charge >= 0.3 is 0 Å². The number of aryl methyl sites for hydroxylation is 1. The number of benzene rings is 1. The van der Waals surface area contributed by atoms with Crippen LogP contribution in [0.5, 0.6) is 0 Å². The highest BCUT2D eigenvalue weighted by atomic mass is 16.5. The van der Waals surface area contributed by atoms with Crippen LogP contribution in [0, 0.1) is 5.92 Å². The van der Waals surface area contributed by atoms with Crippen LogP contribution in [0.15, 0.2) is 42.7 Å². The Morgan fingerprint density at radius 3 is 2.50 bits per heavy atom. The number of nitrogens with zero attached hydrogens (tertiary/aromatic N) is 4. The van der Waals surface area contributed by atoms with E-state index in [1.54, 1.807) is 6.20 Å². The highest BCUT2D eigenvalue weighted by Gasteiger charge is 2.31. The Hall–Kier alpha value is -2.18. The van der Waals surface area contributed by atoms with E-state index in [0.717, 1.165) is 45.6 Å². The fraction of sp³-hybridized carbons (Fsp3) is 0.615. The van der Waals surface area contributed by atoms with E-state index >= 15 is 0 Å². The van der Waals surface area contributed by atoms with Crippen molar-refractivity contribution in [1.29, 1.82) is 0 Å². The SMILES string of the molecule is O=C(CCn1cccn1)N(CC1CCN(C2Cc3ccccc3C2)CC1)C[C@H]1CCCO1. The molecule has 1 aliphatic carbocycles. The van der Waals surface area contributed by atoms with Crippen molar-refractivity contribution in [1.82, 2.24) is 19.6 Å². The topological polar surface area (TPSA) is 50.6 Å². The summed E-state index contributed by atoms with van der Waals surface area (Å²) >= 11 is 0. The van der Waals surface area contributed by atoms with Crippen LogP contribution in [0.1, 0.15) is 43.2 Å². The molecule has 2 aromatic rings. The van der Waals surface area contributed by atoms with Gasteiger partial charge in [0, 0.05) is 51.1 Å². The van der Waals surface area contributed by atoms with Crippen LogP contribution < -0.4 is 0 Å². The highest BCUT2D eigenvalue weighted by molar-refractivity contribution is 5.76. The Balaban J connectivity index is 1.13. The third-order valence-corrected chi connectivity index (χ3v) is 7.59. The van der Waals surface area contributed by atoms with Crippen molar-refractivity contribution < 1.29 is 9.53 Å². The molecule has 3 aliphatic rings. The van der Waals surface area contributed by atoms with Crippen molar-refractivity contribution in [3.8, 4) is 0 Å². The van der Waals surface area contributed by atoms with Gasteiger partial charge in [-0.05, 0) is 74.7 Å². The number of amides is 1. The summed E-state index contributed by atoms with van der Waals surface area (Å²) < 4.78 is 7.72. The van der Waals surface area contributed by atoms with Gasteiger partial charge in [0.05, 0.1) is 6.10 Å². The van der Waals surface area contributed by atoms with Crippen molar-refractivity contribution in [2.75, 3.05) is 32.8 Å². The molecule has 6 nitrogen and oxygen atoms in total. The summed E-state index contributed by atoms with van der Waals surface area (Å²) in [6.45, 7) is 5.40. The third-order valence-electron chi connectivity index (χ3n) is 7.59. The summed E-state index contributed by atoms with van der Waals surface area (Å²) in [5.41, 5.74) is 3.07. The van der Waals surface area contributed by atoms with Crippen molar-refractivity contribution in [3.05, 3.63) is 53.9 Å². The minimum atomic E-state index is 0.209. The summed E-state index contributed by atoms with van der Waals surface area (Å²) in [5.74, 6) is 0.828. The molecule has 172 valence electrons. The Kier molecular flexibility index (Phi) is 6.89. The molecule has 1 aromatic carbocycles. The lowest BCUT2D eigenvalue weighted by Crippen LogP contribution is -2.46. The third kappa shape index (κ3) is 5.24. The van der Waals surface area contributed by atoms with Gasteiger partial charge in [-0.2, -0.15) is 5.10 Å². The number of rotatable bonds is 8. The first-order valence-corrected chi connectivity index (χ1v) is 12.4. The number of likely N-dealkylation sites (tertiary alicyclic amines) is 1. The van der Waals surface area contributed by atoms with E-state index in [9.17, 15) is 4.79 Å². The lowest BCUT2D eigenvalue weighted by Gasteiger charge is -2.38. The molecule has 0 radical (unpaired) electrons. The zero-order chi connectivity index (χ0) is 21.8. The molecule has 2 fully saturated rings.